The second-order valence-corrected chi connectivity index (χ2v) is 4.78. The number of hydrogen-bond acceptors (Lipinski definition) is 2. The molecule has 1 rings (SSSR count). The van der Waals surface area contributed by atoms with Crippen molar-refractivity contribution in [3.63, 3.8) is 0 Å². The number of hydrogen-bond donors (Lipinski definition) is 1. The van der Waals surface area contributed by atoms with Gasteiger partial charge in [0.05, 0.1) is 5.02 Å². The summed E-state index contributed by atoms with van der Waals surface area (Å²) < 4.78 is 0. The van der Waals surface area contributed by atoms with Crippen molar-refractivity contribution in [2.24, 2.45) is 11.7 Å². The van der Waals surface area contributed by atoms with Gasteiger partial charge in [-0.2, -0.15) is 0 Å². The normalized spacial score (nSPS) is 15.7. The second kappa shape index (κ2) is 4.99. The topological polar surface area (TPSA) is 26.0 Å². The van der Waals surface area contributed by atoms with Gasteiger partial charge in [-0.25, -0.2) is 0 Å². The standard InChI is InChI=1S/C10H16ClNS/c1-3-4-7(2)9(12)10-8(11)5-6-13-10/h5-7,9H,3-4,12H2,1-2H3. The van der Waals surface area contributed by atoms with E-state index in [1.807, 2.05) is 11.4 Å². The Morgan fingerprint density at radius 3 is 2.77 bits per heavy atom. The minimum absolute atomic E-state index is 0.104. The summed E-state index contributed by atoms with van der Waals surface area (Å²) in [5.41, 5.74) is 6.10. The molecule has 0 saturated carbocycles. The highest BCUT2D eigenvalue weighted by molar-refractivity contribution is 7.10. The molecule has 1 aromatic heterocycles. The first kappa shape index (κ1) is 11.0. The SMILES string of the molecule is CCCC(C)C(N)c1sccc1Cl. The van der Waals surface area contributed by atoms with Gasteiger partial charge in [0.15, 0.2) is 0 Å². The molecule has 0 bridgehead atoms. The van der Waals surface area contributed by atoms with E-state index in [0.717, 1.165) is 16.3 Å². The van der Waals surface area contributed by atoms with Crippen LogP contribution in [0.4, 0.5) is 0 Å². The van der Waals surface area contributed by atoms with Gasteiger partial charge < -0.3 is 5.73 Å². The van der Waals surface area contributed by atoms with Crippen molar-refractivity contribution in [1.29, 1.82) is 0 Å². The smallest absolute Gasteiger partial charge is 0.0561 e. The van der Waals surface area contributed by atoms with Crippen molar-refractivity contribution in [3.05, 3.63) is 21.3 Å². The minimum atomic E-state index is 0.104. The lowest BCUT2D eigenvalue weighted by Crippen LogP contribution is -2.18. The van der Waals surface area contributed by atoms with Gasteiger partial charge in [0.2, 0.25) is 0 Å². The fraction of sp³-hybridized carbons (Fsp3) is 0.600. The monoisotopic (exact) mass is 217 g/mol. The zero-order valence-corrected chi connectivity index (χ0v) is 9.66. The van der Waals surface area contributed by atoms with Crippen molar-refractivity contribution < 1.29 is 0 Å². The van der Waals surface area contributed by atoms with Crippen LogP contribution < -0.4 is 5.73 Å². The fourth-order valence-electron chi connectivity index (χ4n) is 1.44. The third-order valence-electron chi connectivity index (χ3n) is 2.30. The van der Waals surface area contributed by atoms with Gasteiger partial charge in [0.1, 0.15) is 0 Å². The maximum Gasteiger partial charge on any atom is 0.0561 e. The molecule has 0 amide bonds. The Morgan fingerprint density at radius 1 is 1.62 bits per heavy atom. The highest BCUT2D eigenvalue weighted by Crippen LogP contribution is 2.32. The second-order valence-electron chi connectivity index (χ2n) is 3.42. The van der Waals surface area contributed by atoms with Crippen molar-refractivity contribution in [1.82, 2.24) is 0 Å². The summed E-state index contributed by atoms with van der Waals surface area (Å²) >= 11 is 7.66. The van der Waals surface area contributed by atoms with Crippen LogP contribution in [-0.2, 0) is 0 Å². The molecule has 13 heavy (non-hydrogen) atoms. The third kappa shape index (κ3) is 2.70. The first-order chi connectivity index (χ1) is 6.16. The molecular formula is C10H16ClNS. The van der Waals surface area contributed by atoms with Crippen molar-refractivity contribution >= 4 is 22.9 Å². The van der Waals surface area contributed by atoms with Gasteiger partial charge >= 0.3 is 0 Å². The number of nitrogens with two attached hydrogens (primary N) is 1. The van der Waals surface area contributed by atoms with Crippen LogP contribution >= 0.6 is 22.9 Å². The first-order valence-electron chi connectivity index (χ1n) is 4.65. The predicted octanol–water partition coefficient (Wildman–Crippen LogP) is 3.84. The van der Waals surface area contributed by atoms with E-state index >= 15 is 0 Å². The summed E-state index contributed by atoms with van der Waals surface area (Å²) in [6.45, 7) is 4.36. The maximum atomic E-state index is 6.10. The molecule has 1 nitrogen and oxygen atoms in total. The number of rotatable bonds is 4. The summed E-state index contributed by atoms with van der Waals surface area (Å²) in [6.07, 6.45) is 2.34. The Balaban J connectivity index is 2.67. The van der Waals surface area contributed by atoms with Crippen LogP contribution in [0.1, 0.15) is 37.6 Å². The van der Waals surface area contributed by atoms with E-state index in [1.54, 1.807) is 11.3 Å². The summed E-state index contributed by atoms with van der Waals surface area (Å²) in [6, 6.07) is 2.02. The number of halogens is 1. The van der Waals surface area contributed by atoms with Crippen LogP contribution in [0.15, 0.2) is 11.4 Å². The van der Waals surface area contributed by atoms with E-state index in [1.165, 1.54) is 6.42 Å². The summed E-state index contributed by atoms with van der Waals surface area (Å²) in [5, 5.41) is 2.82. The Kier molecular flexibility index (Phi) is 4.23. The Labute approximate surface area is 88.9 Å². The van der Waals surface area contributed by atoms with Gasteiger partial charge in [0, 0.05) is 10.9 Å². The molecule has 0 aliphatic rings. The molecule has 74 valence electrons. The van der Waals surface area contributed by atoms with Crippen LogP contribution in [0.5, 0.6) is 0 Å². The molecule has 1 heterocycles. The molecule has 0 aliphatic heterocycles. The molecule has 2 atom stereocenters. The average Bonchev–Trinajstić information content (AvgIpc) is 2.50. The highest BCUT2D eigenvalue weighted by Gasteiger charge is 2.17. The summed E-state index contributed by atoms with van der Waals surface area (Å²) in [7, 11) is 0. The fourth-order valence-corrected chi connectivity index (χ4v) is 2.75. The molecule has 0 radical (unpaired) electrons. The molecular weight excluding hydrogens is 202 g/mol. The van der Waals surface area contributed by atoms with Gasteiger partial charge in [-0.1, -0.05) is 31.9 Å². The lowest BCUT2D eigenvalue weighted by molar-refractivity contribution is 0.438. The molecule has 0 aromatic carbocycles. The molecule has 2 N–H and O–H groups in total. The van der Waals surface area contributed by atoms with E-state index in [0.29, 0.717) is 5.92 Å². The zero-order valence-electron chi connectivity index (χ0n) is 8.09. The Hall–Kier alpha value is -0.0500. The average molecular weight is 218 g/mol. The minimum Gasteiger partial charge on any atom is -0.323 e. The van der Waals surface area contributed by atoms with Crippen LogP contribution in [-0.4, -0.2) is 0 Å². The lowest BCUT2D eigenvalue weighted by Gasteiger charge is -2.18. The van der Waals surface area contributed by atoms with E-state index in [-0.39, 0.29) is 6.04 Å². The van der Waals surface area contributed by atoms with Crippen LogP contribution in [0, 0.1) is 5.92 Å². The first-order valence-corrected chi connectivity index (χ1v) is 5.91. The van der Waals surface area contributed by atoms with Crippen LogP contribution in [0.2, 0.25) is 5.02 Å². The zero-order chi connectivity index (χ0) is 9.84. The highest BCUT2D eigenvalue weighted by atomic mass is 35.5. The van der Waals surface area contributed by atoms with Crippen molar-refractivity contribution in [3.8, 4) is 0 Å². The number of thiophene rings is 1. The molecule has 0 spiro atoms. The van der Waals surface area contributed by atoms with Crippen molar-refractivity contribution in [2.45, 2.75) is 32.7 Å². The van der Waals surface area contributed by atoms with Gasteiger partial charge in [-0.3, -0.25) is 0 Å². The van der Waals surface area contributed by atoms with Crippen molar-refractivity contribution in [2.75, 3.05) is 0 Å². The quantitative estimate of drug-likeness (QED) is 0.815. The molecule has 0 fully saturated rings. The van der Waals surface area contributed by atoms with Gasteiger partial charge in [-0.15, -0.1) is 11.3 Å². The molecule has 3 heteroatoms. The Bertz CT molecular complexity index is 259. The molecule has 0 saturated heterocycles. The van der Waals surface area contributed by atoms with Crippen LogP contribution in [0.3, 0.4) is 0 Å². The largest absolute Gasteiger partial charge is 0.323 e. The third-order valence-corrected chi connectivity index (χ3v) is 3.76. The molecule has 2 unspecified atom stereocenters. The predicted molar refractivity (Wildman–Crippen MR) is 60.3 cm³/mol. The van der Waals surface area contributed by atoms with Gasteiger partial charge in [-0.05, 0) is 23.8 Å². The van der Waals surface area contributed by atoms with Gasteiger partial charge in [0.25, 0.3) is 0 Å². The lowest BCUT2D eigenvalue weighted by atomic mass is 9.96. The summed E-state index contributed by atoms with van der Waals surface area (Å²) in [5.74, 6) is 0.515. The van der Waals surface area contributed by atoms with Crippen LogP contribution in [0.25, 0.3) is 0 Å². The van der Waals surface area contributed by atoms with E-state index in [2.05, 4.69) is 13.8 Å². The molecule has 0 aliphatic carbocycles. The maximum absolute atomic E-state index is 6.10. The van der Waals surface area contributed by atoms with E-state index in [9.17, 15) is 0 Å². The summed E-state index contributed by atoms with van der Waals surface area (Å²) in [4.78, 5) is 1.13. The van der Waals surface area contributed by atoms with E-state index < -0.39 is 0 Å². The molecule has 1 aromatic rings. The Morgan fingerprint density at radius 2 is 2.31 bits per heavy atom. The van der Waals surface area contributed by atoms with E-state index in [4.69, 9.17) is 17.3 Å².